The van der Waals surface area contributed by atoms with Gasteiger partial charge in [0.05, 0.1) is 5.69 Å². The van der Waals surface area contributed by atoms with Gasteiger partial charge in [-0.1, -0.05) is 127 Å². The van der Waals surface area contributed by atoms with Gasteiger partial charge in [0.1, 0.15) is 22.3 Å². The normalized spacial score (nSPS) is 11.7. The van der Waals surface area contributed by atoms with Crippen molar-refractivity contribution in [3.63, 3.8) is 0 Å². The second kappa shape index (κ2) is 11.0. The summed E-state index contributed by atoms with van der Waals surface area (Å²) in [6.07, 6.45) is 0. The lowest BCUT2D eigenvalue weighted by Crippen LogP contribution is -2.11. The van der Waals surface area contributed by atoms with E-state index >= 15 is 0 Å². The minimum atomic E-state index is 0.905. The number of nitrogens with zero attached hydrogens (tertiary/aromatic N) is 1. The maximum absolute atomic E-state index is 6.39. The summed E-state index contributed by atoms with van der Waals surface area (Å²) in [6.45, 7) is 0. The summed E-state index contributed by atoms with van der Waals surface area (Å²) in [4.78, 5) is 2.37. The molecule has 0 unspecified atom stereocenters. The average Bonchev–Trinajstić information content (AvgIpc) is 3.75. The van der Waals surface area contributed by atoms with Gasteiger partial charge >= 0.3 is 0 Å². The third-order valence-corrected chi connectivity index (χ3v) is 9.67. The predicted molar refractivity (Wildman–Crippen MR) is 204 cm³/mol. The number of hydrogen-bond acceptors (Lipinski definition) is 3. The molecule has 0 aliphatic heterocycles. The van der Waals surface area contributed by atoms with Gasteiger partial charge < -0.3 is 13.7 Å². The molecule has 0 fully saturated rings. The van der Waals surface area contributed by atoms with Gasteiger partial charge in [0, 0.05) is 44.0 Å². The van der Waals surface area contributed by atoms with Crippen LogP contribution in [0.1, 0.15) is 0 Å². The highest BCUT2D eigenvalue weighted by atomic mass is 16.3. The minimum absolute atomic E-state index is 0.905. The minimum Gasteiger partial charge on any atom is -0.456 e. The van der Waals surface area contributed by atoms with E-state index in [1.54, 1.807) is 0 Å². The fraction of sp³-hybridized carbons (Fsp3) is 0. The smallest absolute Gasteiger partial charge is 0.143 e. The van der Waals surface area contributed by atoms with Crippen molar-refractivity contribution in [1.82, 2.24) is 0 Å². The van der Waals surface area contributed by atoms with Gasteiger partial charge in [0.2, 0.25) is 0 Å². The Balaban J connectivity index is 1.15. The van der Waals surface area contributed by atoms with E-state index in [9.17, 15) is 0 Å². The standard InChI is InChI=1S/C46H29NO2/c1-2-11-30(12-3-1)35-13-4-7-18-41(35)47(34-26-27-36-32(29-34)23-28-44-45(36)40-15-6-9-20-43(40)48-44)33-24-21-31(22-25-33)37-16-10-17-39-38-14-5-8-19-42(38)49-46(37)39/h1-29H. The molecule has 10 rings (SSSR count). The van der Waals surface area contributed by atoms with Gasteiger partial charge in [-0.05, 0) is 70.4 Å². The van der Waals surface area contributed by atoms with E-state index in [0.717, 1.165) is 83.0 Å². The van der Waals surface area contributed by atoms with Crippen LogP contribution in [0.15, 0.2) is 185 Å². The van der Waals surface area contributed by atoms with Crippen molar-refractivity contribution < 1.29 is 8.83 Å². The lowest BCUT2D eigenvalue weighted by atomic mass is 9.99. The number of fused-ring (bicyclic) bond motifs is 8. The summed E-state index contributed by atoms with van der Waals surface area (Å²) >= 11 is 0. The molecular formula is C46H29NO2. The van der Waals surface area contributed by atoms with Crippen molar-refractivity contribution in [3.8, 4) is 22.3 Å². The quantitative estimate of drug-likeness (QED) is 0.190. The van der Waals surface area contributed by atoms with E-state index in [1.165, 1.54) is 10.9 Å². The summed E-state index contributed by atoms with van der Waals surface area (Å²) in [6, 6.07) is 62.1. The van der Waals surface area contributed by atoms with Gasteiger partial charge in [-0.3, -0.25) is 0 Å². The number of benzene rings is 8. The van der Waals surface area contributed by atoms with Crippen molar-refractivity contribution in [2.24, 2.45) is 0 Å². The summed E-state index contributed by atoms with van der Waals surface area (Å²) in [5.74, 6) is 0. The zero-order valence-corrected chi connectivity index (χ0v) is 26.5. The second-order valence-electron chi connectivity index (χ2n) is 12.5. The molecule has 0 atom stereocenters. The molecule has 0 N–H and O–H groups in total. The summed E-state index contributed by atoms with van der Waals surface area (Å²) in [5.41, 5.74) is 11.4. The Labute approximate surface area is 282 Å². The Kier molecular flexibility index (Phi) is 6.18. The van der Waals surface area contributed by atoms with Crippen LogP contribution in [-0.4, -0.2) is 0 Å². The van der Waals surface area contributed by atoms with Crippen LogP contribution < -0.4 is 4.90 Å². The first-order valence-electron chi connectivity index (χ1n) is 16.6. The molecule has 8 aromatic carbocycles. The molecule has 3 nitrogen and oxygen atoms in total. The first-order chi connectivity index (χ1) is 24.3. The van der Waals surface area contributed by atoms with E-state index in [4.69, 9.17) is 8.83 Å². The monoisotopic (exact) mass is 627 g/mol. The van der Waals surface area contributed by atoms with E-state index in [-0.39, 0.29) is 0 Å². The number of hydrogen-bond donors (Lipinski definition) is 0. The molecule has 3 heteroatoms. The molecule has 0 amide bonds. The van der Waals surface area contributed by atoms with Crippen molar-refractivity contribution in [1.29, 1.82) is 0 Å². The molecule has 10 aromatic rings. The van der Waals surface area contributed by atoms with Crippen molar-refractivity contribution >= 4 is 71.7 Å². The second-order valence-corrected chi connectivity index (χ2v) is 12.5. The lowest BCUT2D eigenvalue weighted by Gasteiger charge is -2.28. The van der Waals surface area contributed by atoms with E-state index in [2.05, 4.69) is 157 Å². The van der Waals surface area contributed by atoms with Crippen LogP contribution in [0.2, 0.25) is 0 Å². The Morgan fingerprint density at radius 2 is 1.02 bits per heavy atom. The maximum Gasteiger partial charge on any atom is 0.143 e. The van der Waals surface area contributed by atoms with Gasteiger partial charge in [-0.2, -0.15) is 0 Å². The molecule has 0 aliphatic carbocycles. The van der Waals surface area contributed by atoms with E-state index in [1.807, 2.05) is 24.3 Å². The Morgan fingerprint density at radius 1 is 0.367 bits per heavy atom. The first kappa shape index (κ1) is 27.5. The summed E-state index contributed by atoms with van der Waals surface area (Å²) in [5, 5.41) is 6.89. The molecule has 0 aliphatic rings. The number of rotatable bonds is 5. The molecule has 230 valence electrons. The first-order valence-corrected chi connectivity index (χ1v) is 16.6. The fourth-order valence-electron chi connectivity index (χ4n) is 7.40. The zero-order valence-electron chi connectivity index (χ0n) is 26.5. The SMILES string of the molecule is c1ccc(-c2ccccc2N(c2ccc(-c3cccc4c3oc3ccccc34)cc2)c2ccc3c(ccc4oc5ccccc5c43)c2)cc1. The fourth-order valence-corrected chi connectivity index (χ4v) is 7.40. The molecule has 49 heavy (non-hydrogen) atoms. The van der Waals surface area contributed by atoms with Crippen LogP contribution in [0.5, 0.6) is 0 Å². The van der Waals surface area contributed by atoms with Crippen molar-refractivity contribution in [3.05, 3.63) is 176 Å². The molecule has 0 bridgehead atoms. The largest absolute Gasteiger partial charge is 0.456 e. The zero-order chi connectivity index (χ0) is 32.3. The van der Waals surface area contributed by atoms with Crippen LogP contribution in [0.25, 0.3) is 76.9 Å². The Morgan fingerprint density at radius 3 is 1.88 bits per heavy atom. The highest BCUT2D eigenvalue weighted by Crippen LogP contribution is 2.44. The van der Waals surface area contributed by atoms with Gasteiger partial charge in [0.15, 0.2) is 0 Å². The van der Waals surface area contributed by atoms with Crippen LogP contribution in [0.3, 0.4) is 0 Å². The van der Waals surface area contributed by atoms with Crippen molar-refractivity contribution in [2.75, 3.05) is 4.90 Å². The van der Waals surface area contributed by atoms with Crippen LogP contribution in [0, 0.1) is 0 Å². The molecule has 0 radical (unpaired) electrons. The van der Waals surface area contributed by atoms with Crippen LogP contribution in [-0.2, 0) is 0 Å². The predicted octanol–water partition coefficient (Wildman–Crippen LogP) is 13.4. The average molecular weight is 628 g/mol. The van der Waals surface area contributed by atoms with Crippen LogP contribution >= 0.6 is 0 Å². The molecule has 2 heterocycles. The molecule has 0 spiro atoms. The lowest BCUT2D eigenvalue weighted by molar-refractivity contribution is 0.669. The Hall–Kier alpha value is -6.58. The highest BCUT2D eigenvalue weighted by molar-refractivity contribution is 6.19. The molecule has 2 aromatic heterocycles. The highest BCUT2D eigenvalue weighted by Gasteiger charge is 2.19. The van der Waals surface area contributed by atoms with Gasteiger partial charge in [-0.15, -0.1) is 0 Å². The topological polar surface area (TPSA) is 29.5 Å². The molecular weight excluding hydrogens is 599 g/mol. The van der Waals surface area contributed by atoms with Gasteiger partial charge in [0.25, 0.3) is 0 Å². The summed E-state index contributed by atoms with van der Waals surface area (Å²) in [7, 11) is 0. The Bertz CT molecular complexity index is 2830. The number of anilines is 3. The van der Waals surface area contributed by atoms with Crippen LogP contribution in [0.4, 0.5) is 17.1 Å². The third-order valence-electron chi connectivity index (χ3n) is 9.67. The molecule has 0 saturated heterocycles. The number of furan rings is 2. The third kappa shape index (κ3) is 4.44. The molecule has 0 saturated carbocycles. The van der Waals surface area contributed by atoms with E-state index < -0.39 is 0 Å². The maximum atomic E-state index is 6.39. The number of para-hydroxylation sites is 4. The van der Waals surface area contributed by atoms with E-state index in [0.29, 0.717) is 0 Å². The summed E-state index contributed by atoms with van der Waals surface area (Å²) < 4.78 is 12.6. The van der Waals surface area contributed by atoms with Gasteiger partial charge in [-0.25, -0.2) is 0 Å². The van der Waals surface area contributed by atoms with Crippen molar-refractivity contribution in [2.45, 2.75) is 0 Å².